The Hall–Kier alpha value is -1.33. The van der Waals surface area contributed by atoms with Gasteiger partial charge in [0.05, 0.1) is 6.54 Å². The van der Waals surface area contributed by atoms with Crippen molar-refractivity contribution in [2.75, 3.05) is 39.3 Å². The van der Waals surface area contributed by atoms with E-state index in [9.17, 15) is 4.79 Å². The molecule has 1 saturated heterocycles. The standard InChI is InChI=1S/C21H27N3O.2ClH/c25-21(15-22-14-17-8-9-17)24-12-10-23(11-13-24)16-19-6-3-5-18-4-1-2-7-20(18)19;;/h1-7,17,22H,8-16H2;2*1H. The second-order valence-corrected chi connectivity index (χ2v) is 7.37. The lowest BCUT2D eigenvalue weighted by Gasteiger charge is -2.35. The first-order valence-corrected chi connectivity index (χ1v) is 9.47. The molecule has 27 heavy (non-hydrogen) atoms. The SMILES string of the molecule is Cl.Cl.O=C(CNCC1CC1)N1CCN(Cc2cccc3ccccc23)CC1. The Morgan fingerprint density at radius 1 is 0.963 bits per heavy atom. The van der Waals surface area contributed by atoms with Crippen LogP contribution in [0.2, 0.25) is 0 Å². The van der Waals surface area contributed by atoms with Crippen molar-refractivity contribution >= 4 is 41.5 Å². The summed E-state index contributed by atoms with van der Waals surface area (Å²) in [5.41, 5.74) is 1.38. The second-order valence-electron chi connectivity index (χ2n) is 7.37. The Morgan fingerprint density at radius 2 is 1.67 bits per heavy atom. The number of benzene rings is 2. The average molecular weight is 410 g/mol. The van der Waals surface area contributed by atoms with Gasteiger partial charge in [-0.25, -0.2) is 0 Å². The topological polar surface area (TPSA) is 35.6 Å². The average Bonchev–Trinajstić information content (AvgIpc) is 3.47. The highest BCUT2D eigenvalue weighted by molar-refractivity contribution is 5.86. The minimum atomic E-state index is 0. The molecule has 0 unspecified atom stereocenters. The van der Waals surface area contributed by atoms with Gasteiger partial charge >= 0.3 is 0 Å². The Bertz CT molecular complexity index is 738. The molecule has 1 aliphatic carbocycles. The van der Waals surface area contributed by atoms with Crippen LogP contribution in [0.15, 0.2) is 42.5 Å². The van der Waals surface area contributed by atoms with E-state index < -0.39 is 0 Å². The van der Waals surface area contributed by atoms with Crippen molar-refractivity contribution in [2.45, 2.75) is 19.4 Å². The van der Waals surface area contributed by atoms with Gasteiger partial charge in [0.1, 0.15) is 0 Å². The fraction of sp³-hybridized carbons (Fsp3) is 0.476. The molecule has 1 amide bonds. The van der Waals surface area contributed by atoms with Crippen molar-refractivity contribution in [3.8, 4) is 0 Å². The lowest BCUT2D eigenvalue weighted by atomic mass is 10.0. The maximum Gasteiger partial charge on any atom is 0.236 e. The number of fused-ring (bicyclic) bond motifs is 1. The van der Waals surface area contributed by atoms with Gasteiger partial charge in [0.2, 0.25) is 5.91 Å². The molecule has 0 atom stereocenters. The number of piperazine rings is 1. The summed E-state index contributed by atoms with van der Waals surface area (Å²) in [6, 6.07) is 15.1. The first-order chi connectivity index (χ1) is 12.3. The monoisotopic (exact) mass is 409 g/mol. The number of rotatable bonds is 6. The highest BCUT2D eigenvalue weighted by Crippen LogP contribution is 2.27. The highest BCUT2D eigenvalue weighted by Gasteiger charge is 2.23. The minimum absolute atomic E-state index is 0. The van der Waals surface area contributed by atoms with E-state index in [1.54, 1.807) is 0 Å². The van der Waals surface area contributed by atoms with E-state index in [0.29, 0.717) is 6.54 Å². The van der Waals surface area contributed by atoms with E-state index in [0.717, 1.165) is 45.2 Å². The van der Waals surface area contributed by atoms with Crippen LogP contribution in [-0.4, -0.2) is 55.0 Å². The molecule has 4 rings (SSSR count). The van der Waals surface area contributed by atoms with E-state index in [4.69, 9.17) is 0 Å². The summed E-state index contributed by atoms with van der Waals surface area (Å²) in [5, 5.41) is 5.95. The molecule has 1 heterocycles. The zero-order chi connectivity index (χ0) is 17.1. The molecule has 2 fully saturated rings. The van der Waals surface area contributed by atoms with Crippen LogP contribution in [0.3, 0.4) is 0 Å². The molecular weight excluding hydrogens is 381 g/mol. The number of hydrogen-bond acceptors (Lipinski definition) is 3. The molecule has 2 aromatic carbocycles. The fourth-order valence-electron chi connectivity index (χ4n) is 3.64. The number of hydrogen-bond donors (Lipinski definition) is 1. The smallest absolute Gasteiger partial charge is 0.236 e. The Morgan fingerprint density at radius 3 is 2.41 bits per heavy atom. The van der Waals surface area contributed by atoms with Gasteiger partial charge in [-0.1, -0.05) is 42.5 Å². The number of carbonyl (C=O) groups is 1. The zero-order valence-electron chi connectivity index (χ0n) is 15.6. The summed E-state index contributed by atoms with van der Waals surface area (Å²) in [6.45, 7) is 6.06. The van der Waals surface area contributed by atoms with Crippen LogP contribution in [0.25, 0.3) is 10.8 Å². The Labute approximate surface area is 174 Å². The molecule has 148 valence electrons. The number of nitrogens with zero attached hydrogens (tertiary/aromatic N) is 2. The molecule has 1 N–H and O–H groups in total. The summed E-state index contributed by atoms with van der Waals surface area (Å²) in [7, 11) is 0. The molecule has 2 aliphatic rings. The van der Waals surface area contributed by atoms with Gasteiger partial charge in [-0.05, 0) is 41.6 Å². The van der Waals surface area contributed by atoms with Crippen molar-refractivity contribution in [3.63, 3.8) is 0 Å². The first kappa shape index (κ1) is 22.0. The van der Waals surface area contributed by atoms with Crippen LogP contribution < -0.4 is 5.32 Å². The van der Waals surface area contributed by atoms with Gasteiger partial charge in [-0.3, -0.25) is 9.69 Å². The number of halogens is 2. The third kappa shape index (κ3) is 5.82. The predicted molar refractivity (Wildman–Crippen MR) is 116 cm³/mol. The summed E-state index contributed by atoms with van der Waals surface area (Å²) < 4.78 is 0. The van der Waals surface area contributed by atoms with Gasteiger partial charge in [-0.15, -0.1) is 24.8 Å². The normalized spacial score (nSPS) is 17.3. The van der Waals surface area contributed by atoms with Crippen LogP contribution in [0.1, 0.15) is 18.4 Å². The van der Waals surface area contributed by atoms with Crippen LogP contribution >= 0.6 is 24.8 Å². The fourth-order valence-corrected chi connectivity index (χ4v) is 3.64. The molecule has 4 nitrogen and oxygen atoms in total. The number of carbonyl (C=O) groups excluding carboxylic acids is 1. The van der Waals surface area contributed by atoms with Crippen LogP contribution in [0.4, 0.5) is 0 Å². The van der Waals surface area contributed by atoms with Gasteiger partial charge in [0.25, 0.3) is 0 Å². The Kier molecular flexibility index (Phi) is 8.36. The van der Waals surface area contributed by atoms with Gasteiger partial charge in [-0.2, -0.15) is 0 Å². The van der Waals surface area contributed by atoms with Crippen molar-refractivity contribution in [1.82, 2.24) is 15.1 Å². The van der Waals surface area contributed by atoms with Gasteiger partial charge < -0.3 is 10.2 Å². The molecule has 0 bridgehead atoms. The molecule has 0 spiro atoms. The van der Waals surface area contributed by atoms with Gasteiger partial charge in [0.15, 0.2) is 0 Å². The summed E-state index contributed by atoms with van der Waals surface area (Å²) in [4.78, 5) is 16.8. The summed E-state index contributed by atoms with van der Waals surface area (Å²) >= 11 is 0. The van der Waals surface area contributed by atoms with Crippen LogP contribution in [0.5, 0.6) is 0 Å². The largest absolute Gasteiger partial charge is 0.339 e. The first-order valence-electron chi connectivity index (χ1n) is 9.47. The third-order valence-corrected chi connectivity index (χ3v) is 5.41. The van der Waals surface area contributed by atoms with Crippen LogP contribution in [-0.2, 0) is 11.3 Å². The minimum Gasteiger partial charge on any atom is -0.339 e. The van der Waals surface area contributed by atoms with Gasteiger partial charge in [0, 0.05) is 32.7 Å². The van der Waals surface area contributed by atoms with E-state index in [2.05, 4.69) is 52.7 Å². The van der Waals surface area contributed by atoms with Crippen molar-refractivity contribution < 1.29 is 4.79 Å². The maximum atomic E-state index is 12.3. The van der Waals surface area contributed by atoms with E-state index in [1.165, 1.54) is 29.2 Å². The lowest BCUT2D eigenvalue weighted by molar-refractivity contribution is -0.132. The molecular formula is C21H29Cl2N3O. The molecule has 6 heteroatoms. The quantitative estimate of drug-likeness (QED) is 0.794. The van der Waals surface area contributed by atoms with Crippen molar-refractivity contribution in [3.05, 3.63) is 48.0 Å². The maximum absolute atomic E-state index is 12.3. The second kappa shape index (κ2) is 10.3. The number of amides is 1. The summed E-state index contributed by atoms with van der Waals surface area (Å²) in [5.74, 6) is 1.08. The molecule has 0 aromatic heterocycles. The van der Waals surface area contributed by atoms with E-state index in [1.807, 2.05) is 4.90 Å². The summed E-state index contributed by atoms with van der Waals surface area (Å²) in [6.07, 6.45) is 2.65. The third-order valence-electron chi connectivity index (χ3n) is 5.41. The lowest BCUT2D eigenvalue weighted by Crippen LogP contribution is -2.50. The Balaban J connectivity index is 0.00000131. The highest BCUT2D eigenvalue weighted by atomic mass is 35.5. The van der Waals surface area contributed by atoms with Crippen molar-refractivity contribution in [2.24, 2.45) is 5.92 Å². The number of nitrogens with one attached hydrogen (secondary N) is 1. The predicted octanol–water partition coefficient (Wildman–Crippen LogP) is 3.33. The van der Waals surface area contributed by atoms with Crippen molar-refractivity contribution in [1.29, 1.82) is 0 Å². The molecule has 1 aliphatic heterocycles. The van der Waals surface area contributed by atoms with E-state index in [-0.39, 0.29) is 30.7 Å². The zero-order valence-corrected chi connectivity index (χ0v) is 17.2. The molecule has 0 radical (unpaired) electrons. The van der Waals surface area contributed by atoms with Crippen LogP contribution in [0, 0.1) is 5.92 Å². The molecule has 1 saturated carbocycles. The van der Waals surface area contributed by atoms with E-state index >= 15 is 0 Å². The molecule has 2 aromatic rings.